The minimum atomic E-state index is 0. The molecule has 0 saturated carbocycles. The predicted octanol–water partition coefficient (Wildman–Crippen LogP) is 2.11. The third-order valence-corrected chi connectivity index (χ3v) is 3.09. The molecule has 0 unspecified atom stereocenters. The standard InChI is InChI=1S/C16H19N.H2O/c1-2-17(13-15-9-5-3-6-10-15)14-16-11-7-4-8-12-16;/h3-12H,2,13-14H2,1H3;1H2. The molecule has 0 aliphatic rings. The molecular formula is C16H21NO. The molecule has 0 atom stereocenters. The molecule has 18 heavy (non-hydrogen) atoms. The topological polar surface area (TPSA) is 34.4 Å². The van der Waals surface area contributed by atoms with Gasteiger partial charge >= 0.3 is 0 Å². The largest absolute Gasteiger partial charge is 0.870 e. The van der Waals surface area contributed by atoms with Crippen molar-refractivity contribution in [3.8, 4) is 0 Å². The zero-order chi connectivity index (χ0) is 11.9. The molecule has 0 saturated heterocycles. The summed E-state index contributed by atoms with van der Waals surface area (Å²) in [5, 5.41) is 0. The van der Waals surface area contributed by atoms with Gasteiger partial charge in [-0.3, -0.25) is 0 Å². The average molecular weight is 243 g/mol. The van der Waals surface area contributed by atoms with Crippen LogP contribution in [0.3, 0.4) is 0 Å². The van der Waals surface area contributed by atoms with Gasteiger partial charge in [0, 0.05) is 11.1 Å². The monoisotopic (exact) mass is 243 g/mol. The number of rotatable bonds is 5. The van der Waals surface area contributed by atoms with Gasteiger partial charge in [0.25, 0.3) is 0 Å². The van der Waals surface area contributed by atoms with Crippen LogP contribution in [0.15, 0.2) is 60.7 Å². The van der Waals surface area contributed by atoms with Crippen LogP contribution >= 0.6 is 0 Å². The van der Waals surface area contributed by atoms with Gasteiger partial charge in [0.15, 0.2) is 0 Å². The molecule has 0 amide bonds. The highest BCUT2D eigenvalue weighted by molar-refractivity contribution is 5.14. The fraction of sp³-hybridized carbons (Fsp3) is 0.250. The molecule has 2 N–H and O–H groups in total. The van der Waals surface area contributed by atoms with E-state index >= 15 is 0 Å². The van der Waals surface area contributed by atoms with Crippen molar-refractivity contribution >= 4 is 0 Å². The van der Waals surface area contributed by atoms with Crippen molar-refractivity contribution in [2.24, 2.45) is 0 Å². The van der Waals surface area contributed by atoms with Crippen LogP contribution in [-0.2, 0) is 13.1 Å². The zero-order valence-electron chi connectivity index (χ0n) is 10.8. The lowest BCUT2D eigenvalue weighted by Crippen LogP contribution is -3.09. The molecular weight excluding hydrogens is 222 g/mol. The highest BCUT2D eigenvalue weighted by Crippen LogP contribution is 1.98. The molecule has 0 aliphatic heterocycles. The van der Waals surface area contributed by atoms with E-state index in [1.807, 2.05) is 0 Å². The van der Waals surface area contributed by atoms with Gasteiger partial charge in [-0.05, 0) is 6.92 Å². The van der Waals surface area contributed by atoms with E-state index in [1.165, 1.54) is 11.1 Å². The van der Waals surface area contributed by atoms with E-state index in [0.29, 0.717) is 0 Å². The Bertz CT molecular complexity index is 386. The second-order valence-corrected chi connectivity index (χ2v) is 4.43. The van der Waals surface area contributed by atoms with Gasteiger partial charge in [0.1, 0.15) is 13.1 Å². The minimum Gasteiger partial charge on any atom is -0.870 e. The van der Waals surface area contributed by atoms with E-state index in [4.69, 9.17) is 0 Å². The van der Waals surface area contributed by atoms with Gasteiger partial charge in [-0.15, -0.1) is 0 Å². The van der Waals surface area contributed by atoms with E-state index in [0.717, 1.165) is 19.6 Å². The summed E-state index contributed by atoms with van der Waals surface area (Å²) >= 11 is 0. The van der Waals surface area contributed by atoms with Gasteiger partial charge in [0.2, 0.25) is 0 Å². The van der Waals surface area contributed by atoms with Crippen LogP contribution in [-0.4, -0.2) is 12.0 Å². The van der Waals surface area contributed by atoms with Crippen molar-refractivity contribution in [3.05, 3.63) is 71.8 Å². The molecule has 0 heterocycles. The summed E-state index contributed by atoms with van der Waals surface area (Å²) in [5.41, 5.74) is 2.83. The molecule has 0 fully saturated rings. The summed E-state index contributed by atoms with van der Waals surface area (Å²) in [5.74, 6) is 0. The highest BCUT2D eigenvalue weighted by Gasteiger charge is 2.07. The molecule has 96 valence electrons. The number of hydrogen-bond acceptors (Lipinski definition) is 1. The molecule has 0 bridgehead atoms. The number of hydrogen-bond donors (Lipinski definition) is 1. The van der Waals surface area contributed by atoms with E-state index in [9.17, 15) is 0 Å². The molecule has 2 nitrogen and oxygen atoms in total. The van der Waals surface area contributed by atoms with E-state index in [1.54, 1.807) is 4.90 Å². The SMILES string of the molecule is CC[NH+](Cc1ccccc1)Cc1ccccc1.[OH-]. The predicted molar refractivity (Wildman–Crippen MR) is 73.7 cm³/mol. The maximum absolute atomic E-state index is 2.25. The Morgan fingerprint density at radius 1 is 0.722 bits per heavy atom. The summed E-state index contributed by atoms with van der Waals surface area (Å²) in [6.07, 6.45) is 0. The van der Waals surface area contributed by atoms with Gasteiger partial charge in [-0.1, -0.05) is 60.7 Å². The first-order chi connectivity index (χ1) is 8.38. The summed E-state index contributed by atoms with van der Waals surface area (Å²) in [6, 6.07) is 21.5. The van der Waals surface area contributed by atoms with Crippen molar-refractivity contribution in [1.29, 1.82) is 0 Å². The Morgan fingerprint density at radius 3 is 1.44 bits per heavy atom. The van der Waals surface area contributed by atoms with E-state index in [-0.39, 0.29) is 5.48 Å². The fourth-order valence-electron chi connectivity index (χ4n) is 2.08. The second kappa shape index (κ2) is 7.64. The highest BCUT2D eigenvalue weighted by atomic mass is 16.0. The average Bonchev–Trinajstić information content (AvgIpc) is 2.40. The lowest BCUT2D eigenvalue weighted by Gasteiger charge is -2.17. The number of quaternary nitrogens is 1. The maximum atomic E-state index is 2.25. The zero-order valence-corrected chi connectivity index (χ0v) is 10.8. The summed E-state index contributed by atoms with van der Waals surface area (Å²) in [6.45, 7) is 5.61. The maximum Gasteiger partial charge on any atom is 0.103 e. The van der Waals surface area contributed by atoms with Crippen LogP contribution in [0, 0.1) is 0 Å². The molecule has 0 aliphatic carbocycles. The fourth-order valence-corrected chi connectivity index (χ4v) is 2.08. The van der Waals surface area contributed by atoms with Crippen molar-refractivity contribution in [2.75, 3.05) is 6.54 Å². The number of nitrogens with one attached hydrogen (secondary N) is 1. The van der Waals surface area contributed by atoms with Gasteiger partial charge in [0.05, 0.1) is 6.54 Å². The van der Waals surface area contributed by atoms with Crippen molar-refractivity contribution in [3.63, 3.8) is 0 Å². The minimum absolute atomic E-state index is 0. The first-order valence-corrected chi connectivity index (χ1v) is 6.30. The number of benzene rings is 2. The summed E-state index contributed by atoms with van der Waals surface area (Å²) in [7, 11) is 0. The quantitative estimate of drug-likeness (QED) is 0.857. The van der Waals surface area contributed by atoms with Crippen LogP contribution in [0.4, 0.5) is 0 Å². The van der Waals surface area contributed by atoms with Crippen LogP contribution in [0.25, 0.3) is 0 Å². The van der Waals surface area contributed by atoms with Crippen molar-refractivity contribution < 1.29 is 10.4 Å². The van der Waals surface area contributed by atoms with Crippen molar-refractivity contribution in [2.45, 2.75) is 20.0 Å². The lowest BCUT2D eigenvalue weighted by atomic mass is 10.2. The van der Waals surface area contributed by atoms with E-state index < -0.39 is 0 Å². The van der Waals surface area contributed by atoms with Crippen LogP contribution < -0.4 is 4.90 Å². The lowest BCUT2D eigenvalue weighted by molar-refractivity contribution is -0.925. The molecule has 2 rings (SSSR count). The Hall–Kier alpha value is -1.64. The van der Waals surface area contributed by atoms with Crippen LogP contribution in [0.1, 0.15) is 18.1 Å². The van der Waals surface area contributed by atoms with Crippen molar-refractivity contribution in [1.82, 2.24) is 0 Å². The summed E-state index contributed by atoms with van der Waals surface area (Å²) < 4.78 is 0. The normalized spacial score (nSPS) is 10.1. The smallest absolute Gasteiger partial charge is 0.103 e. The Balaban J connectivity index is 0.00000162. The van der Waals surface area contributed by atoms with Gasteiger partial charge < -0.3 is 10.4 Å². The molecule has 2 aromatic rings. The van der Waals surface area contributed by atoms with Crippen LogP contribution in [0.5, 0.6) is 0 Å². The summed E-state index contributed by atoms with van der Waals surface area (Å²) in [4.78, 5) is 1.60. The molecule has 0 spiro atoms. The first-order valence-electron chi connectivity index (χ1n) is 6.30. The Kier molecular flexibility index (Phi) is 6.12. The molecule has 0 aromatic heterocycles. The molecule has 0 radical (unpaired) electrons. The van der Waals surface area contributed by atoms with Crippen LogP contribution in [0.2, 0.25) is 0 Å². The molecule has 2 aromatic carbocycles. The molecule has 2 heteroatoms. The van der Waals surface area contributed by atoms with Gasteiger partial charge in [-0.2, -0.15) is 0 Å². The third-order valence-electron chi connectivity index (χ3n) is 3.09. The third kappa shape index (κ3) is 4.32. The Labute approximate surface area is 109 Å². The van der Waals surface area contributed by atoms with E-state index in [2.05, 4.69) is 67.6 Å². The van der Waals surface area contributed by atoms with Gasteiger partial charge in [-0.25, -0.2) is 0 Å². The Morgan fingerprint density at radius 2 is 1.11 bits per heavy atom. The second-order valence-electron chi connectivity index (χ2n) is 4.43. The first kappa shape index (κ1) is 14.4.